The van der Waals surface area contributed by atoms with Gasteiger partial charge in [-0.05, 0) is 36.2 Å². The second-order valence-electron chi connectivity index (χ2n) is 12.8. The minimum Gasteiger partial charge on any atom is -0.496 e. The van der Waals surface area contributed by atoms with Crippen molar-refractivity contribution >= 4 is 23.9 Å². The third-order valence-electron chi connectivity index (χ3n) is 9.18. The Labute approximate surface area is 311 Å². The van der Waals surface area contributed by atoms with E-state index in [0.717, 1.165) is 16.7 Å². The molecular formula is C41H40O13. The fraction of sp³-hybridized carbons (Fsp3) is 0.317. The number of esters is 4. The summed E-state index contributed by atoms with van der Waals surface area (Å²) in [5.74, 6) is -0.0506. The van der Waals surface area contributed by atoms with Gasteiger partial charge in [-0.3, -0.25) is 19.2 Å². The van der Waals surface area contributed by atoms with E-state index in [1.54, 1.807) is 36.4 Å². The molecule has 13 heteroatoms. The summed E-state index contributed by atoms with van der Waals surface area (Å²) in [7, 11) is 4.47. The Morgan fingerprint density at radius 2 is 1.15 bits per heavy atom. The zero-order valence-electron chi connectivity index (χ0n) is 30.9. The van der Waals surface area contributed by atoms with Gasteiger partial charge >= 0.3 is 23.9 Å². The summed E-state index contributed by atoms with van der Waals surface area (Å²) in [6.07, 6.45) is 0.521. The lowest BCUT2D eigenvalue weighted by molar-refractivity contribution is -0.133. The minimum atomic E-state index is -0.560. The minimum absolute atomic E-state index is 0.118. The Hall–Kier alpha value is -6.24. The molecule has 2 aliphatic rings. The molecule has 0 N–H and O–H groups in total. The molecule has 0 saturated carbocycles. The van der Waals surface area contributed by atoms with Gasteiger partial charge in [0.25, 0.3) is 0 Å². The lowest BCUT2D eigenvalue weighted by Crippen LogP contribution is -2.27. The van der Waals surface area contributed by atoms with Crippen LogP contribution in [0, 0.1) is 0 Å². The summed E-state index contributed by atoms with van der Waals surface area (Å²) in [4.78, 5) is 48.1. The molecule has 0 bridgehead atoms. The molecule has 0 unspecified atom stereocenters. The number of benzene rings is 4. The topological polar surface area (TPSA) is 151 Å². The predicted molar refractivity (Wildman–Crippen MR) is 193 cm³/mol. The zero-order valence-corrected chi connectivity index (χ0v) is 30.9. The molecule has 4 aromatic rings. The first-order chi connectivity index (χ1) is 25.9. The van der Waals surface area contributed by atoms with Gasteiger partial charge < -0.3 is 42.6 Å². The largest absolute Gasteiger partial charge is 0.496 e. The van der Waals surface area contributed by atoms with Crippen LogP contribution in [0.3, 0.4) is 0 Å². The SMILES string of the molecule is COc1cc(OC(C)=O)c([C@@H]2COc3cc(OC(C)=O)ccc3C2)cc1[C@@H]1c2ccc(OC(C)=O)cc2OC[C@H]1c1ccc(OC)c(OC(C)=O)c1OC. The lowest BCUT2D eigenvalue weighted by atomic mass is 9.74. The molecule has 0 saturated heterocycles. The molecule has 2 aliphatic heterocycles. The van der Waals surface area contributed by atoms with Crippen LogP contribution in [0.15, 0.2) is 60.7 Å². The first-order valence-electron chi connectivity index (χ1n) is 17.1. The lowest BCUT2D eigenvalue weighted by Gasteiger charge is -2.37. The monoisotopic (exact) mass is 740 g/mol. The van der Waals surface area contributed by atoms with Gasteiger partial charge in [0.2, 0.25) is 5.75 Å². The Bertz CT molecular complexity index is 2120. The second-order valence-corrected chi connectivity index (χ2v) is 12.8. The highest BCUT2D eigenvalue weighted by atomic mass is 16.6. The molecule has 0 amide bonds. The number of fused-ring (bicyclic) bond motifs is 2. The van der Waals surface area contributed by atoms with Crippen LogP contribution in [0.1, 0.15) is 73.3 Å². The summed E-state index contributed by atoms with van der Waals surface area (Å²) in [6.45, 7) is 5.62. The van der Waals surface area contributed by atoms with E-state index >= 15 is 0 Å². The van der Waals surface area contributed by atoms with Gasteiger partial charge in [-0.15, -0.1) is 0 Å². The van der Waals surface area contributed by atoms with Crippen LogP contribution in [0.5, 0.6) is 51.7 Å². The van der Waals surface area contributed by atoms with Crippen LogP contribution in [0.25, 0.3) is 0 Å². The van der Waals surface area contributed by atoms with Gasteiger partial charge in [-0.25, -0.2) is 0 Å². The molecule has 0 fully saturated rings. The fourth-order valence-corrected chi connectivity index (χ4v) is 7.10. The molecule has 4 aromatic carbocycles. The van der Waals surface area contributed by atoms with Gasteiger partial charge in [-0.1, -0.05) is 18.2 Å². The van der Waals surface area contributed by atoms with Crippen molar-refractivity contribution in [3.63, 3.8) is 0 Å². The smallest absolute Gasteiger partial charge is 0.308 e. The third-order valence-corrected chi connectivity index (χ3v) is 9.18. The maximum atomic E-state index is 12.5. The molecule has 282 valence electrons. The number of carbonyl (C=O) groups is 4. The van der Waals surface area contributed by atoms with Crippen molar-refractivity contribution < 1.29 is 61.8 Å². The van der Waals surface area contributed by atoms with Crippen LogP contribution in [-0.4, -0.2) is 58.4 Å². The van der Waals surface area contributed by atoms with E-state index in [0.29, 0.717) is 57.8 Å². The maximum absolute atomic E-state index is 12.5. The van der Waals surface area contributed by atoms with Crippen molar-refractivity contribution in [2.75, 3.05) is 34.5 Å². The number of ether oxygens (including phenoxy) is 9. The van der Waals surface area contributed by atoms with E-state index in [1.165, 1.54) is 49.0 Å². The maximum Gasteiger partial charge on any atom is 0.308 e. The van der Waals surface area contributed by atoms with Crippen molar-refractivity contribution in [3.8, 4) is 51.7 Å². The summed E-state index contributed by atoms with van der Waals surface area (Å²) in [5, 5.41) is 0. The first-order valence-corrected chi connectivity index (χ1v) is 17.1. The van der Waals surface area contributed by atoms with Gasteiger partial charge in [-0.2, -0.15) is 0 Å². The molecule has 54 heavy (non-hydrogen) atoms. The molecular weight excluding hydrogens is 700 g/mol. The van der Waals surface area contributed by atoms with Gasteiger partial charge in [0.05, 0.1) is 34.5 Å². The highest BCUT2D eigenvalue weighted by Crippen LogP contribution is 2.55. The molecule has 2 heterocycles. The number of hydrogen-bond acceptors (Lipinski definition) is 13. The van der Waals surface area contributed by atoms with Crippen molar-refractivity contribution in [2.24, 2.45) is 0 Å². The van der Waals surface area contributed by atoms with E-state index in [4.69, 9.17) is 42.6 Å². The molecule has 3 atom stereocenters. The third kappa shape index (κ3) is 7.75. The quantitative estimate of drug-likeness (QED) is 0.130. The normalized spacial score (nSPS) is 17.0. The van der Waals surface area contributed by atoms with Crippen molar-refractivity contribution in [1.29, 1.82) is 0 Å². The predicted octanol–water partition coefficient (Wildman–Crippen LogP) is 6.44. The average molecular weight is 741 g/mol. The molecule has 0 spiro atoms. The molecule has 6 rings (SSSR count). The highest BCUT2D eigenvalue weighted by molar-refractivity contribution is 5.74. The summed E-state index contributed by atoms with van der Waals surface area (Å²) >= 11 is 0. The standard InChI is InChI=1S/C41H40O13/c1-21(42)51-27-9-8-25-14-26(19-49-35(25)15-27)31-17-32(36(47-6)18-38(31)53-23(3)44)39-30-11-10-28(52-22(2)43)16-37(30)50-20-33(39)29-12-13-34(46-5)41(40(29)48-7)54-24(4)45/h8-13,15-18,26,33,39H,14,19-20H2,1-7H3/t26-,33-,39-/m0/s1. The molecule has 0 aromatic heterocycles. The van der Waals surface area contributed by atoms with Crippen molar-refractivity contribution in [2.45, 2.75) is 51.9 Å². The Morgan fingerprint density at radius 1 is 0.537 bits per heavy atom. The highest BCUT2D eigenvalue weighted by Gasteiger charge is 2.40. The van der Waals surface area contributed by atoms with Crippen LogP contribution < -0.4 is 42.6 Å². The van der Waals surface area contributed by atoms with E-state index < -0.39 is 35.7 Å². The van der Waals surface area contributed by atoms with Gasteiger partial charge in [0.15, 0.2) is 11.5 Å². The van der Waals surface area contributed by atoms with E-state index in [-0.39, 0.29) is 30.6 Å². The van der Waals surface area contributed by atoms with Crippen LogP contribution in [0.4, 0.5) is 0 Å². The van der Waals surface area contributed by atoms with Crippen molar-refractivity contribution in [1.82, 2.24) is 0 Å². The Balaban J connectivity index is 1.54. The van der Waals surface area contributed by atoms with Crippen molar-refractivity contribution in [3.05, 3.63) is 88.5 Å². The van der Waals surface area contributed by atoms with E-state index in [2.05, 4.69) is 0 Å². The first kappa shape index (κ1) is 37.5. The van der Waals surface area contributed by atoms with Crippen LogP contribution in [-0.2, 0) is 25.6 Å². The fourth-order valence-electron chi connectivity index (χ4n) is 7.10. The number of hydrogen-bond donors (Lipinski definition) is 0. The van der Waals surface area contributed by atoms with E-state index in [1.807, 2.05) is 24.3 Å². The van der Waals surface area contributed by atoms with Crippen LogP contribution >= 0.6 is 0 Å². The van der Waals surface area contributed by atoms with E-state index in [9.17, 15) is 19.2 Å². The Morgan fingerprint density at radius 3 is 1.78 bits per heavy atom. The number of carbonyl (C=O) groups excluding carboxylic acids is 4. The molecule has 0 radical (unpaired) electrons. The van der Waals surface area contributed by atoms with Gasteiger partial charge in [0, 0.05) is 85.9 Å². The summed E-state index contributed by atoms with van der Waals surface area (Å²) in [5.41, 5.74) is 3.69. The Kier molecular flexibility index (Phi) is 11.0. The number of rotatable bonds is 10. The summed E-state index contributed by atoms with van der Waals surface area (Å²) < 4.78 is 52.1. The zero-order chi connectivity index (χ0) is 38.7. The van der Waals surface area contributed by atoms with Gasteiger partial charge in [0.1, 0.15) is 34.5 Å². The summed E-state index contributed by atoms with van der Waals surface area (Å²) in [6, 6.07) is 17.6. The second kappa shape index (κ2) is 15.8. The molecule has 0 aliphatic carbocycles. The van der Waals surface area contributed by atoms with Crippen LogP contribution in [0.2, 0.25) is 0 Å². The number of methoxy groups -OCH3 is 3. The average Bonchev–Trinajstić information content (AvgIpc) is 3.13. The molecule has 13 nitrogen and oxygen atoms in total.